The maximum absolute atomic E-state index is 12.8. The Labute approximate surface area is 177 Å². The Morgan fingerprint density at radius 2 is 1.77 bits per heavy atom. The maximum atomic E-state index is 12.8. The number of benzene rings is 2. The van der Waals surface area contributed by atoms with Gasteiger partial charge in [0.25, 0.3) is 5.91 Å². The lowest BCUT2D eigenvalue weighted by Crippen LogP contribution is -2.31. The highest BCUT2D eigenvalue weighted by Crippen LogP contribution is 2.29. The molecule has 0 bridgehead atoms. The predicted octanol–water partition coefficient (Wildman–Crippen LogP) is 1.26. The van der Waals surface area contributed by atoms with Crippen LogP contribution in [0.25, 0.3) is 27.5 Å². The minimum absolute atomic E-state index is 0.0372. The Kier molecular flexibility index (Phi) is 4.95. The molecule has 0 fully saturated rings. The van der Waals surface area contributed by atoms with Gasteiger partial charge in [0.15, 0.2) is 0 Å². The minimum atomic E-state index is -3.87. The molecular formula is C21H16N6O3S. The summed E-state index contributed by atoms with van der Waals surface area (Å²) >= 11 is 0. The van der Waals surface area contributed by atoms with Crippen molar-refractivity contribution >= 4 is 37.7 Å². The molecule has 0 aliphatic rings. The average molecular weight is 432 g/mol. The van der Waals surface area contributed by atoms with Crippen molar-refractivity contribution < 1.29 is 13.2 Å². The van der Waals surface area contributed by atoms with Gasteiger partial charge in [-0.05, 0) is 36.4 Å². The van der Waals surface area contributed by atoms with E-state index < -0.39 is 15.9 Å². The molecule has 3 N–H and O–H groups in total. The van der Waals surface area contributed by atoms with E-state index in [1.54, 1.807) is 35.1 Å². The number of terminal acetylenes is 2. The summed E-state index contributed by atoms with van der Waals surface area (Å²) in [5.41, 5.74) is 7.61. The van der Waals surface area contributed by atoms with Crippen molar-refractivity contribution in [3.63, 3.8) is 0 Å². The van der Waals surface area contributed by atoms with Gasteiger partial charge in [-0.15, -0.1) is 12.8 Å². The van der Waals surface area contributed by atoms with E-state index in [1.807, 2.05) is 0 Å². The van der Waals surface area contributed by atoms with Gasteiger partial charge in [-0.25, -0.2) is 8.42 Å². The van der Waals surface area contributed by atoms with E-state index in [9.17, 15) is 13.2 Å². The van der Waals surface area contributed by atoms with Crippen molar-refractivity contribution in [3.05, 3.63) is 48.3 Å². The average Bonchev–Trinajstić information content (AvgIpc) is 3.38. The van der Waals surface area contributed by atoms with Crippen molar-refractivity contribution in [1.29, 1.82) is 0 Å². The number of nitrogens with two attached hydrogens (primary N) is 1. The molecule has 0 radical (unpaired) electrons. The maximum Gasteiger partial charge on any atom is 0.267 e. The van der Waals surface area contributed by atoms with Crippen LogP contribution >= 0.6 is 0 Å². The molecule has 4 aromatic rings. The zero-order valence-electron chi connectivity index (χ0n) is 16.1. The third kappa shape index (κ3) is 3.30. The molecular weight excluding hydrogens is 416 g/mol. The van der Waals surface area contributed by atoms with E-state index in [0.29, 0.717) is 27.5 Å². The fourth-order valence-electron chi connectivity index (χ4n) is 3.36. The molecule has 154 valence electrons. The molecule has 1 amide bonds. The van der Waals surface area contributed by atoms with Gasteiger partial charge >= 0.3 is 0 Å². The Hall–Kier alpha value is -4.12. The first-order chi connectivity index (χ1) is 14.9. The van der Waals surface area contributed by atoms with E-state index in [0.717, 1.165) is 4.31 Å². The van der Waals surface area contributed by atoms with E-state index in [-0.39, 0.29) is 23.7 Å². The second-order valence-corrected chi connectivity index (χ2v) is 8.54. The molecule has 0 aliphatic carbocycles. The van der Waals surface area contributed by atoms with Gasteiger partial charge in [0.2, 0.25) is 10.0 Å². The van der Waals surface area contributed by atoms with Gasteiger partial charge in [0, 0.05) is 10.8 Å². The minimum Gasteiger partial charge on any atom is -0.364 e. The Morgan fingerprint density at radius 3 is 2.39 bits per heavy atom. The lowest BCUT2D eigenvalue weighted by molar-refractivity contribution is 0.0996. The summed E-state index contributed by atoms with van der Waals surface area (Å²) in [5.74, 6) is 3.97. The molecule has 9 nitrogen and oxygen atoms in total. The number of primary amides is 1. The van der Waals surface area contributed by atoms with E-state index in [4.69, 9.17) is 18.6 Å². The number of nitrogens with one attached hydrogen (secondary N) is 1. The van der Waals surface area contributed by atoms with Crippen LogP contribution in [0.4, 0.5) is 0 Å². The van der Waals surface area contributed by atoms with Crippen molar-refractivity contribution in [2.75, 3.05) is 13.1 Å². The van der Waals surface area contributed by atoms with Crippen LogP contribution in [0.3, 0.4) is 0 Å². The number of H-pyrrole nitrogens is 1. The fourth-order valence-corrected chi connectivity index (χ4v) is 4.63. The smallest absolute Gasteiger partial charge is 0.267 e. The Balaban J connectivity index is 1.85. The summed E-state index contributed by atoms with van der Waals surface area (Å²) in [5, 5.41) is 12.3. The van der Waals surface area contributed by atoms with Crippen molar-refractivity contribution in [3.8, 4) is 30.4 Å². The fraction of sp³-hybridized carbons (Fsp3) is 0.0952. The largest absolute Gasteiger partial charge is 0.364 e. The van der Waals surface area contributed by atoms with Crippen LogP contribution in [-0.2, 0) is 10.0 Å². The highest BCUT2D eigenvalue weighted by Gasteiger charge is 2.23. The number of carbonyl (C=O) groups is 1. The summed E-state index contributed by atoms with van der Waals surface area (Å²) in [4.78, 5) is 12.0. The normalized spacial score (nSPS) is 11.6. The standard InChI is InChI=1S/C21H16N6O3S/c1-3-11-26(12-4-2)31(29,30)15-7-5-14(6-8-15)27-20-16(19(25-27)21(22)28)9-10-18-17(20)13-23-24-18/h1-2,5-10,13,25H,11-12H2,(H2,22,28). The number of aromatic amines is 1. The van der Waals surface area contributed by atoms with Gasteiger partial charge in [-0.3, -0.25) is 14.6 Å². The number of fused-ring (bicyclic) bond motifs is 3. The summed E-state index contributed by atoms with van der Waals surface area (Å²) in [7, 11) is -3.87. The van der Waals surface area contributed by atoms with Crippen LogP contribution in [0.1, 0.15) is 10.5 Å². The number of nitrogens with zero attached hydrogens (tertiary/aromatic N) is 4. The molecule has 2 aromatic heterocycles. The summed E-state index contributed by atoms with van der Waals surface area (Å²) in [6.07, 6.45) is 12.1. The predicted molar refractivity (Wildman–Crippen MR) is 116 cm³/mol. The first-order valence-corrected chi connectivity index (χ1v) is 10.4. The first kappa shape index (κ1) is 20.2. The van der Waals surface area contributed by atoms with E-state index in [1.165, 1.54) is 12.1 Å². The summed E-state index contributed by atoms with van der Waals surface area (Å²) in [6.45, 7) is -0.275. The molecule has 0 aliphatic heterocycles. The Bertz CT molecular complexity index is 1490. The van der Waals surface area contributed by atoms with E-state index >= 15 is 0 Å². The number of hydrogen-bond acceptors (Lipinski definition) is 5. The van der Waals surface area contributed by atoms with Gasteiger partial charge in [0.05, 0.1) is 40.9 Å². The lowest BCUT2D eigenvalue weighted by atomic mass is 10.1. The topological polar surface area (TPSA) is 127 Å². The van der Waals surface area contributed by atoms with Crippen LogP contribution in [0.2, 0.25) is 0 Å². The number of aromatic nitrogens is 4. The highest BCUT2D eigenvalue weighted by molar-refractivity contribution is 7.89. The highest BCUT2D eigenvalue weighted by atomic mass is 32.2. The number of carbonyl (C=O) groups excluding carboxylic acids is 1. The first-order valence-electron chi connectivity index (χ1n) is 9.00. The molecule has 10 heteroatoms. The SMILES string of the molecule is C#CCN(CC#C)S(=O)(=O)c1ccc(-n2[nH]c(C(N)=O)c3ccc4nncc4c32)cc1. The third-order valence-electron chi connectivity index (χ3n) is 4.78. The number of sulfonamides is 1. The molecule has 4 rings (SSSR count). The molecule has 0 spiro atoms. The molecule has 0 saturated heterocycles. The van der Waals surface area contributed by atoms with Crippen LogP contribution in [0, 0.1) is 24.7 Å². The van der Waals surface area contributed by atoms with Gasteiger partial charge in [0.1, 0.15) is 5.69 Å². The van der Waals surface area contributed by atoms with Crippen LogP contribution in [-0.4, -0.2) is 51.7 Å². The van der Waals surface area contributed by atoms with Crippen LogP contribution < -0.4 is 5.73 Å². The molecule has 0 atom stereocenters. The quantitative estimate of drug-likeness (QED) is 0.444. The molecule has 0 saturated carbocycles. The van der Waals surface area contributed by atoms with Crippen molar-refractivity contribution in [1.82, 2.24) is 24.3 Å². The van der Waals surface area contributed by atoms with Crippen molar-refractivity contribution in [2.24, 2.45) is 5.73 Å². The zero-order valence-corrected chi connectivity index (χ0v) is 16.9. The van der Waals surface area contributed by atoms with Crippen LogP contribution in [0.5, 0.6) is 0 Å². The van der Waals surface area contributed by atoms with E-state index in [2.05, 4.69) is 27.1 Å². The number of hydrogen-bond donors (Lipinski definition) is 2. The second kappa shape index (κ2) is 7.61. The van der Waals surface area contributed by atoms with Gasteiger partial charge in [-0.2, -0.15) is 14.5 Å². The molecule has 31 heavy (non-hydrogen) atoms. The van der Waals surface area contributed by atoms with Crippen LogP contribution in [0.15, 0.2) is 47.5 Å². The lowest BCUT2D eigenvalue weighted by Gasteiger charge is -2.17. The number of rotatable bonds is 6. The third-order valence-corrected chi connectivity index (χ3v) is 6.58. The van der Waals surface area contributed by atoms with Crippen molar-refractivity contribution in [2.45, 2.75) is 4.90 Å². The summed E-state index contributed by atoms with van der Waals surface area (Å²) in [6, 6.07) is 9.55. The summed E-state index contributed by atoms with van der Waals surface area (Å²) < 4.78 is 28.4. The van der Waals surface area contributed by atoms with Gasteiger partial charge < -0.3 is 5.73 Å². The molecule has 0 unspecified atom stereocenters. The van der Waals surface area contributed by atoms with Gasteiger partial charge in [-0.1, -0.05) is 11.8 Å². The Morgan fingerprint density at radius 1 is 1.10 bits per heavy atom. The second-order valence-electron chi connectivity index (χ2n) is 6.60. The monoisotopic (exact) mass is 432 g/mol. The zero-order chi connectivity index (χ0) is 22.2. The molecule has 2 aromatic carbocycles. The molecule has 2 heterocycles. The number of amides is 1.